The quantitative estimate of drug-likeness (QED) is 0.803. The van der Waals surface area contributed by atoms with Crippen LogP contribution in [0.4, 0.5) is 0 Å². The summed E-state index contributed by atoms with van der Waals surface area (Å²) in [6.45, 7) is 7.14. The molecule has 118 valence electrons. The first-order valence-corrected chi connectivity index (χ1v) is 8.89. The standard InChI is InChI=1S/C15H24N2O3S/c1-3-16-9-8-14-4-6-15(7-5-14)21(18,19)17-10-11-20-12-13(17)2/h4-7,13,16H,3,8-12H2,1-2H3. The Balaban J connectivity index is 2.09. The second kappa shape index (κ2) is 7.35. The summed E-state index contributed by atoms with van der Waals surface area (Å²) in [6.07, 6.45) is 0.905. The first-order chi connectivity index (χ1) is 10.1. The maximum atomic E-state index is 12.6. The van der Waals surface area contributed by atoms with E-state index in [1.807, 2.05) is 19.1 Å². The normalized spacial score (nSPS) is 20.6. The second-order valence-electron chi connectivity index (χ2n) is 5.29. The molecule has 0 radical (unpaired) electrons. The summed E-state index contributed by atoms with van der Waals surface area (Å²) < 4.78 is 32.1. The molecule has 0 aliphatic carbocycles. The lowest BCUT2D eigenvalue weighted by Gasteiger charge is -2.32. The number of ether oxygens (including phenoxy) is 1. The van der Waals surface area contributed by atoms with E-state index in [0.717, 1.165) is 25.1 Å². The van der Waals surface area contributed by atoms with Crippen LogP contribution in [0.25, 0.3) is 0 Å². The summed E-state index contributed by atoms with van der Waals surface area (Å²) in [5.74, 6) is 0. The number of rotatable bonds is 6. The van der Waals surface area contributed by atoms with Crippen molar-refractivity contribution in [2.24, 2.45) is 0 Å². The fourth-order valence-electron chi connectivity index (χ4n) is 2.44. The van der Waals surface area contributed by atoms with Gasteiger partial charge in [0.1, 0.15) is 0 Å². The molecular weight excluding hydrogens is 288 g/mol. The third-order valence-electron chi connectivity index (χ3n) is 3.68. The molecule has 1 atom stereocenters. The Morgan fingerprint density at radius 3 is 2.67 bits per heavy atom. The lowest BCUT2D eigenvalue weighted by Crippen LogP contribution is -2.46. The van der Waals surface area contributed by atoms with Gasteiger partial charge in [0.25, 0.3) is 0 Å². The van der Waals surface area contributed by atoms with Gasteiger partial charge in [-0.05, 0) is 44.1 Å². The highest BCUT2D eigenvalue weighted by Gasteiger charge is 2.31. The maximum Gasteiger partial charge on any atom is 0.243 e. The van der Waals surface area contributed by atoms with Crippen molar-refractivity contribution in [1.82, 2.24) is 9.62 Å². The van der Waals surface area contributed by atoms with Crippen molar-refractivity contribution >= 4 is 10.0 Å². The Hall–Kier alpha value is -0.950. The third-order valence-corrected chi connectivity index (χ3v) is 5.70. The highest BCUT2D eigenvalue weighted by Crippen LogP contribution is 2.20. The molecule has 1 fully saturated rings. The van der Waals surface area contributed by atoms with Crippen molar-refractivity contribution in [2.45, 2.75) is 31.2 Å². The molecule has 0 aromatic heterocycles. The van der Waals surface area contributed by atoms with E-state index in [-0.39, 0.29) is 6.04 Å². The molecule has 0 spiro atoms. The van der Waals surface area contributed by atoms with Crippen LogP contribution in [0, 0.1) is 0 Å². The zero-order chi connectivity index (χ0) is 15.3. The summed E-state index contributed by atoms with van der Waals surface area (Å²) >= 11 is 0. The van der Waals surface area contributed by atoms with Gasteiger partial charge >= 0.3 is 0 Å². The number of hydrogen-bond acceptors (Lipinski definition) is 4. The predicted molar refractivity (Wildman–Crippen MR) is 82.9 cm³/mol. The van der Waals surface area contributed by atoms with Gasteiger partial charge < -0.3 is 10.1 Å². The van der Waals surface area contributed by atoms with Gasteiger partial charge in [0.15, 0.2) is 0 Å². The molecule has 21 heavy (non-hydrogen) atoms. The van der Waals surface area contributed by atoms with Gasteiger partial charge in [0.2, 0.25) is 10.0 Å². The van der Waals surface area contributed by atoms with Crippen LogP contribution in [0.2, 0.25) is 0 Å². The Kier molecular flexibility index (Phi) is 5.75. The van der Waals surface area contributed by atoms with E-state index in [1.54, 1.807) is 12.1 Å². The largest absolute Gasteiger partial charge is 0.378 e. The van der Waals surface area contributed by atoms with E-state index in [4.69, 9.17) is 4.74 Å². The lowest BCUT2D eigenvalue weighted by atomic mass is 10.1. The summed E-state index contributed by atoms with van der Waals surface area (Å²) in [5.41, 5.74) is 1.14. The predicted octanol–water partition coefficient (Wildman–Crippen LogP) is 1.25. The first kappa shape index (κ1) is 16.4. The van der Waals surface area contributed by atoms with E-state index < -0.39 is 10.0 Å². The van der Waals surface area contributed by atoms with E-state index in [1.165, 1.54) is 4.31 Å². The van der Waals surface area contributed by atoms with E-state index in [0.29, 0.717) is 24.7 Å². The molecule has 1 saturated heterocycles. The van der Waals surface area contributed by atoms with Gasteiger partial charge in [0, 0.05) is 12.6 Å². The smallest absolute Gasteiger partial charge is 0.243 e. The second-order valence-corrected chi connectivity index (χ2v) is 7.18. The van der Waals surface area contributed by atoms with Crippen molar-refractivity contribution in [2.75, 3.05) is 32.8 Å². The molecule has 1 N–H and O–H groups in total. The topological polar surface area (TPSA) is 58.6 Å². The molecule has 2 rings (SSSR count). The number of hydrogen-bond donors (Lipinski definition) is 1. The molecule has 1 aromatic rings. The summed E-state index contributed by atoms with van der Waals surface area (Å²) in [5, 5.41) is 3.26. The van der Waals surface area contributed by atoms with E-state index in [9.17, 15) is 8.42 Å². The molecule has 1 aliphatic rings. The van der Waals surface area contributed by atoms with Crippen LogP contribution in [0.3, 0.4) is 0 Å². The molecule has 1 unspecified atom stereocenters. The van der Waals surface area contributed by atoms with Gasteiger partial charge in [-0.25, -0.2) is 8.42 Å². The van der Waals surface area contributed by atoms with Crippen molar-refractivity contribution in [1.29, 1.82) is 0 Å². The zero-order valence-electron chi connectivity index (χ0n) is 12.7. The van der Waals surface area contributed by atoms with Gasteiger partial charge in [-0.15, -0.1) is 0 Å². The minimum absolute atomic E-state index is 0.114. The van der Waals surface area contributed by atoms with E-state index in [2.05, 4.69) is 12.2 Å². The fourth-order valence-corrected chi connectivity index (χ4v) is 4.04. The van der Waals surface area contributed by atoms with Gasteiger partial charge in [-0.3, -0.25) is 0 Å². The molecule has 1 heterocycles. The summed E-state index contributed by atoms with van der Waals surface area (Å²) in [6, 6.07) is 7.10. The minimum Gasteiger partial charge on any atom is -0.378 e. The van der Waals surface area contributed by atoms with Crippen LogP contribution in [0.15, 0.2) is 29.2 Å². The number of nitrogens with one attached hydrogen (secondary N) is 1. The van der Waals surface area contributed by atoms with Gasteiger partial charge in [-0.1, -0.05) is 19.1 Å². The summed E-state index contributed by atoms with van der Waals surface area (Å²) in [4.78, 5) is 0.364. The van der Waals surface area contributed by atoms with Crippen LogP contribution in [-0.2, 0) is 21.2 Å². The number of likely N-dealkylation sites (N-methyl/N-ethyl adjacent to an activating group) is 1. The number of sulfonamides is 1. The van der Waals surface area contributed by atoms with Crippen molar-refractivity contribution in [3.05, 3.63) is 29.8 Å². The number of morpholine rings is 1. The van der Waals surface area contributed by atoms with Crippen molar-refractivity contribution in [3.8, 4) is 0 Å². The van der Waals surface area contributed by atoms with Gasteiger partial charge in [0.05, 0.1) is 18.1 Å². The maximum absolute atomic E-state index is 12.6. The molecule has 1 aromatic carbocycles. The highest BCUT2D eigenvalue weighted by atomic mass is 32.2. The van der Waals surface area contributed by atoms with E-state index >= 15 is 0 Å². The van der Waals surface area contributed by atoms with Gasteiger partial charge in [-0.2, -0.15) is 4.31 Å². The molecule has 5 nitrogen and oxygen atoms in total. The molecule has 1 aliphatic heterocycles. The Labute approximate surface area is 127 Å². The number of nitrogens with zero attached hydrogens (tertiary/aromatic N) is 1. The van der Waals surface area contributed by atoms with Crippen LogP contribution >= 0.6 is 0 Å². The average molecular weight is 312 g/mol. The molecule has 0 bridgehead atoms. The molecular formula is C15H24N2O3S. The molecule has 6 heteroatoms. The monoisotopic (exact) mass is 312 g/mol. The lowest BCUT2D eigenvalue weighted by molar-refractivity contribution is 0.0393. The minimum atomic E-state index is -3.42. The Morgan fingerprint density at radius 1 is 1.33 bits per heavy atom. The van der Waals surface area contributed by atoms with Crippen molar-refractivity contribution in [3.63, 3.8) is 0 Å². The zero-order valence-corrected chi connectivity index (χ0v) is 13.5. The SMILES string of the molecule is CCNCCc1ccc(S(=O)(=O)N2CCOCC2C)cc1. The first-order valence-electron chi connectivity index (χ1n) is 7.45. The van der Waals surface area contributed by atoms with Crippen LogP contribution in [0.5, 0.6) is 0 Å². The van der Waals surface area contributed by atoms with Crippen LogP contribution in [0.1, 0.15) is 19.4 Å². The highest BCUT2D eigenvalue weighted by molar-refractivity contribution is 7.89. The van der Waals surface area contributed by atoms with Crippen molar-refractivity contribution < 1.29 is 13.2 Å². The molecule has 0 saturated carbocycles. The summed E-state index contributed by atoms with van der Waals surface area (Å²) in [7, 11) is -3.42. The number of benzene rings is 1. The van der Waals surface area contributed by atoms with Crippen LogP contribution in [-0.4, -0.2) is 51.6 Å². The van der Waals surface area contributed by atoms with Crippen LogP contribution < -0.4 is 5.32 Å². The average Bonchev–Trinajstić information content (AvgIpc) is 2.48. The fraction of sp³-hybridized carbons (Fsp3) is 0.600. The Bertz CT molecular complexity index is 543. The third kappa shape index (κ3) is 4.03. The Morgan fingerprint density at radius 2 is 2.05 bits per heavy atom. The molecule has 0 amide bonds.